The van der Waals surface area contributed by atoms with Gasteiger partial charge in [0.25, 0.3) is 5.56 Å². The number of aromatic nitrogens is 4. The van der Waals surface area contributed by atoms with E-state index in [9.17, 15) is 9.90 Å². The Labute approximate surface area is 91.6 Å². The smallest absolute Gasteiger partial charge is 0.258 e. The lowest BCUT2D eigenvalue weighted by Crippen LogP contribution is -2.14. The summed E-state index contributed by atoms with van der Waals surface area (Å²) in [6.45, 7) is 1.78. The fourth-order valence-corrected chi connectivity index (χ4v) is 1.47. The summed E-state index contributed by atoms with van der Waals surface area (Å²) in [6.07, 6.45) is 2.18. The lowest BCUT2D eigenvalue weighted by Gasteiger charge is -2.01. The van der Waals surface area contributed by atoms with E-state index in [1.807, 2.05) is 0 Å². The van der Waals surface area contributed by atoms with Crippen molar-refractivity contribution < 1.29 is 5.11 Å². The Kier molecular flexibility index (Phi) is 2.47. The second-order valence-electron chi connectivity index (χ2n) is 3.44. The van der Waals surface area contributed by atoms with Gasteiger partial charge >= 0.3 is 0 Å². The molecule has 0 bridgehead atoms. The van der Waals surface area contributed by atoms with Crippen molar-refractivity contribution in [1.29, 1.82) is 0 Å². The molecule has 6 nitrogen and oxygen atoms in total. The molecule has 2 N–H and O–H groups in total. The number of hydrogen-bond donors (Lipinski definition) is 2. The van der Waals surface area contributed by atoms with E-state index >= 15 is 0 Å². The van der Waals surface area contributed by atoms with Crippen LogP contribution < -0.4 is 5.56 Å². The Bertz CT molecular complexity index is 570. The number of aromatic amines is 1. The van der Waals surface area contributed by atoms with Crippen LogP contribution in [-0.2, 0) is 13.5 Å². The predicted octanol–water partition coefficient (Wildman–Crippen LogP) is 0.438. The highest BCUT2D eigenvalue weighted by atomic mass is 16.3. The second kappa shape index (κ2) is 3.80. The van der Waals surface area contributed by atoms with E-state index in [1.54, 1.807) is 30.9 Å². The minimum Gasteiger partial charge on any atom is -0.493 e. The average molecular weight is 220 g/mol. The maximum absolute atomic E-state index is 11.6. The molecule has 0 aliphatic carbocycles. The summed E-state index contributed by atoms with van der Waals surface area (Å²) in [5.41, 5.74) is 0.493. The summed E-state index contributed by atoms with van der Waals surface area (Å²) in [6, 6.07) is 1.71. The van der Waals surface area contributed by atoms with E-state index in [2.05, 4.69) is 15.1 Å². The highest BCUT2D eigenvalue weighted by Gasteiger charge is 2.11. The maximum atomic E-state index is 11.6. The number of aryl methyl sites for hydroxylation is 1. The number of hydrogen-bond acceptors (Lipinski definition) is 4. The minimum atomic E-state index is -0.323. The zero-order chi connectivity index (χ0) is 11.7. The lowest BCUT2D eigenvalue weighted by molar-refractivity contribution is 0.444. The van der Waals surface area contributed by atoms with Crippen molar-refractivity contribution in [2.75, 3.05) is 0 Å². The lowest BCUT2D eigenvalue weighted by atomic mass is 10.2. The molecule has 2 heterocycles. The van der Waals surface area contributed by atoms with Gasteiger partial charge in [-0.25, -0.2) is 0 Å². The molecule has 0 radical (unpaired) electrons. The van der Waals surface area contributed by atoms with Gasteiger partial charge in [-0.3, -0.25) is 9.48 Å². The number of rotatable bonds is 2. The first-order valence-corrected chi connectivity index (χ1v) is 4.94. The first-order valence-electron chi connectivity index (χ1n) is 4.94. The highest BCUT2D eigenvalue weighted by molar-refractivity contribution is 5.49. The second-order valence-corrected chi connectivity index (χ2v) is 3.44. The monoisotopic (exact) mass is 220 g/mol. The van der Waals surface area contributed by atoms with E-state index in [-0.39, 0.29) is 17.3 Å². The van der Waals surface area contributed by atoms with Gasteiger partial charge in [0.2, 0.25) is 5.88 Å². The molecule has 0 aliphatic rings. The van der Waals surface area contributed by atoms with Gasteiger partial charge in [-0.1, -0.05) is 6.92 Å². The van der Waals surface area contributed by atoms with Crippen LogP contribution in [0.25, 0.3) is 11.5 Å². The van der Waals surface area contributed by atoms with Gasteiger partial charge in [0.15, 0.2) is 5.82 Å². The molecule has 2 rings (SSSR count). The number of nitrogens with zero attached hydrogens (tertiary/aromatic N) is 3. The van der Waals surface area contributed by atoms with Crippen LogP contribution in [0.2, 0.25) is 0 Å². The van der Waals surface area contributed by atoms with Crippen molar-refractivity contribution in [3.63, 3.8) is 0 Å². The molecule has 0 aliphatic heterocycles. The van der Waals surface area contributed by atoms with Crippen LogP contribution >= 0.6 is 0 Å². The van der Waals surface area contributed by atoms with Crippen LogP contribution in [0.1, 0.15) is 12.5 Å². The summed E-state index contributed by atoms with van der Waals surface area (Å²) < 4.78 is 1.60. The van der Waals surface area contributed by atoms with E-state index in [0.29, 0.717) is 17.7 Å². The molecule has 6 heteroatoms. The summed E-state index contributed by atoms with van der Waals surface area (Å²) in [4.78, 5) is 18.1. The first-order chi connectivity index (χ1) is 7.61. The summed E-state index contributed by atoms with van der Waals surface area (Å²) in [5.74, 6) is 0.0483. The van der Waals surface area contributed by atoms with Gasteiger partial charge in [0.1, 0.15) is 5.69 Å². The Morgan fingerprint density at radius 1 is 1.56 bits per heavy atom. The van der Waals surface area contributed by atoms with Crippen molar-refractivity contribution in [2.24, 2.45) is 7.05 Å². The summed E-state index contributed by atoms with van der Waals surface area (Å²) >= 11 is 0. The van der Waals surface area contributed by atoms with Gasteiger partial charge in [-0.2, -0.15) is 10.1 Å². The molecule has 16 heavy (non-hydrogen) atoms. The molecular formula is C10H12N4O2. The molecule has 0 fully saturated rings. The van der Waals surface area contributed by atoms with Gasteiger partial charge in [-0.05, 0) is 12.5 Å². The molecule has 0 aromatic carbocycles. The fourth-order valence-electron chi connectivity index (χ4n) is 1.47. The number of aromatic hydroxyl groups is 1. The topological polar surface area (TPSA) is 83.8 Å². The van der Waals surface area contributed by atoms with Crippen molar-refractivity contribution in [3.05, 3.63) is 28.2 Å². The van der Waals surface area contributed by atoms with E-state index in [4.69, 9.17) is 0 Å². The third-order valence-corrected chi connectivity index (χ3v) is 2.30. The molecule has 0 saturated heterocycles. The predicted molar refractivity (Wildman–Crippen MR) is 58.1 cm³/mol. The van der Waals surface area contributed by atoms with Crippen LogP contribution in [0.15, 0.2) is 17.1 Å². The Balaban J connectivity index is 2.56. The van der Waals surface area contributed by atoms with Crippen molar-refractivity contribution >= 4 is 0 Å². The largest absolute Gasteiger partial charge is 0.493 e. The summed E-state index contributed by atoms with van der Waals surface area (Å²) in [7, 11) is 1.77. The number of H-pyrrole nitrogens is 1. The van der Waals surface area contributed by atoms with Crippen LogP contribution in [0.5, 0.6) is 5.88 Å². The van der Waals surface area contributed by atoms with Crippen molar-refractivity contribution in [2.45, 2.75) is 13.3 Å². The van der Waals surface area contributed by atoms with Crippen LogP contribution in [0.3, 0.4) is 0 Å². The Hall–Kier alpha value is -2.11. The maximum Gasteiger partial charge on any atom is 0.258 e. The third-order valence-electron chi connectivity index (χ3n) is 2.30. The zero-order valence-corrected chi connectivity index (χ0v) is 9.06. The van der Waals surface area contributed by atoms with Crippen molar-refractivity contribution in [3.8, 4) is 17.4 Å². The summed E-state index contributed by atoms with van der Waals surface area (Å²) in [5, 5.41) is 13.7. The Morgan fingerprint density at radius 3 is 2.81 bits per heavy atom. The normalized spacial score (nSPS) is 10.6. The molecule has 2 aromatic heterocycles. The SMILES string of the molecule is CCc1c(O)nc(-c2ccn(C)n2)[nH]c1=O. The van der Waals surface area contributed by atoms with E-state index in [0.717, 1.165) is 0 Å². The minimum absolute atomic E-state index is 0.230. The Morgan fingerprint density at radius 2 is 2.31 bits per heavy atom. The standard InChI is InChI=1S/C10H12N4O2/c1-3-6-9(15)11-8(12-10(6)16)7-4-5-14(2)13-7/h4-5H,3H2,1-2H3,(H2,11,12,15,16). The van der Waals surface area contributed by atoms with Gasteiger partial charge < -0.3 is 10.1 Å². The molecule has 0 unspecified atom stereocenters. The zero-order valence-electron chi connectivity index (χ0n) is 9.06. The number of nitrogens with one attached hydrogen (secondary N) is 1. The molecule has 2 aromatic rings. The van der Waals surface area contributed by atoms with E-state index in [1.165, 1.54) is 0 Å². The van der Waals surface area contributed by atoms with Crippen molar-refractivity contribution in [1.82, 2.24) is 19.7 Å². The fraction of sp³-hybridized carbons (Fsp3) is 0.300. The molecule has 0 saturated carbocycles. The van der Waals surface area contributed by atoms with E-state index < -0.39 is 0 Å². The molecule has 0 spiro atoms. The molecule has 84 valence electrons. The van der Waals surface area contributed by atoms with Gasteiger partial charge in [-0.15, -0.1) is 0 Å². The third kappa shape index (κ3) is 1.69. The quantitative estimate of drug-likeness (QED) is 0.769. The van der Waals surface area contributed by atoms with Gasteiger partial charge in [0.05, 0.1) is 5.56 Å². The molecular weight excluding hydrogens is 208 g/mol. The highest BCUT2D eigenvalue weighted by Crippen LogP contribution is 2.15. The van der Waals surface area contributed by atoms with Crippen LogP contribution in [-0.4, -0.2) is 24.9 Å². The molecule has 0 atom stereocenters. The molecule has 0 amide bonds. The first kappa shape index (κ1) is 10.4. The average Bonchev–Trinajstić information content (AvgIpc) is 2.64. The van der Waals surface area contributed by atoms with Crippen LogP contribution in [0.4, 0.5) is 0 Å². The van der Waals surface area contributed by atoms with Crippen LogP contribution in [0, 0.1) is 0 Å². The van der Waals surface area contributed by atoms with Gasteiger partial charge in [0, 0.05) is 13.2 Å².